The average molecular weight is 602 g/mol. The number of sulfonamides is 1. The Hall–Kier alpha value is -4.32. The van der Waals surface area contributed by atoms with E-state index in [1.807, 2.05) is 37.3 Å². The van der Waals surface area contributed by atoms with Crippen molar-refractivity contribution < 1.29 is 8.42 Å². The van der Waals surface area contributed by atoms with Gasteiger partial charge in [0.15, 0.2) is 0 Å². The van der Waals surface area contributed by atoms with Gasteiger partial charge in [0.25, 0.3) is 5.56 Å². The van der Waals surface area contributed by atoms with Crippen molar-refractivity contribution in [3.63, 3.8) is 0 Å². The summed E-state index contributed by atoms with van der Waals surface area (Å²) in [6, 6.07) is 20.5. The molecule has 1 atom stereocenters. The van der Waals surface area contributed by atoms with Crippen LogP contribution in [0.4, 0.5) is 11.8 Å². The van der Waals surface area contributed by atoms with Gasteiger partial charge in [0, 0.05) is 24.8 Å². The Morgan fingerprint density at radius 2 is 1.71 bits per heavy atom. The third-order valence-corrected chi connectivity index (χ3v) is 9.49. The molecule has 0 bridgehead atoms. The third kappa shape index (κ3) is 5.11. The second-order valence-corrected chi connectivity index (χ2v) is 12.4. The highest BCUT2D eigenvalue weighted by molar-refractivity contribution is 7.89. The van der Waals surface area contributed by atoms with E-state index in [1.54, 1.807) is 48.7 Å². The van der Waals surface area contributed by atoms with Crippen LogP contribution in [0.15, 0.2) is 88.7 Å². The summed E-state index contributed by atoms with van der Waals surface area (Å²) in [5.74, 6) is 0.827. The number of hydrogen-bond acceptors (Lipinski definition) is 8. The number of anilines is 2. The maximum Gasteiger partial charge on any atom is 0.267 e. The van der Waals surface area contributed by atoms with Crippen molar-refractivity contribution in [1.82, 2.24) is 23.8 Å². The van der Waals surface area contributed by atoms with Gasteiger partial charge < -0.3 is 11.1 Å². The Bertz CT molecular complexity index is 1960. The zero-order valence-electron chi connectivity index (χ0n) is 22.7. The summed E-state index contributed by atoms with van der Waals surface area (Å²) in [6.07, 6.45) is 3.25. The molecule has 1 aliphatic rings. The fourth-order valence-corrected chi connectivity index (χ4v) is 7.03. The highest BCUT2D eigenvalue weighted by atomic mass is 35.5. The van der Waals surface area contributed by atoms with Crippen LogP contribution in [0.3, 0.4) is 0 Å². The van der Waals surface area contributed by atoms with E-state index >= 15 is 0 Å². The van der Waals surface area contributed by atoms with Crippen molar-refractivity contribution in [3.8, 4) is 16.8 Å². The molecule has 1 fully saturated rings. The minimum absolute atomic E-state index is 0.0352. The first kappa shape index (κ1) is 27.8. The Balaban J connectivity index is 1.44. The predicted molar refractivity (Wildman–Crippen MR) is 164 cm³/mol. The fraction of sp³-hybridized carbons (Fsp3) is 0.200. The third-order valence-electron chi connectivity index (χ3n) is 7.28. The van der Waals surface area contributed by atoms with Gasteiger partial charge in [0.05, 0.1) is 32.6 Å². The van der Waals surface area contributed by atoms with Crippen molar-refractivity contribution in [1.29, 1.82) is 0 Å². The number of nitrogens with zero attached hydrogens (tertiary/aromatic N) is 5. The minimum Gasteiger partial charge on any atom is -0.368 e. The van der Waals surface area contributed by atoms with Gasteiger partial charge in [-0.05, 0) is 61.7 Å². The highest BCUT2D eigenvalue weighted by Gasteiger charge is 2.28. The number of aromatic nitrogens is 4. The number of benzene rings is 3. The van der Waals surface area contributed by atoms with Gasteiger partial charge in [-0.15, -0.1) is 0 Å². The summed E-state index contributed by atoms with van der Waals surface area (Å²) in [5.41, 5.74) is 7.92. The monoisotopic (exact) mass is 601 g/mol. The molecule has 10 nitrogen and oxygen atoms in total. The summed E-state index contributed by atoms with van der Waals surface area (Å²) in [4.78, 5) is 27.5. The van der Waals surface area contributed by atoms with Gasteiger partial charge in [-0.2, -0.15) is 9.29 Å². The number of nitrogen functional groups attached to an aromatic ring is 1. The molecule has 214 valence electrons. The number of hydrogen-bond donors (Lipinski definition) is 2. The topological polar surface area (TPSA) is 136 Å². The molecule has 12 heteroatoms. The lowest BCUT2D eigenvalue weighted by Gasteiger charge is -2.22. The fourth-order valence-electron chi connectivity index (χ4n) is 5.21. The lowest BCUT2D eigenvalue weighted by Crippen LogP contribution is -2.28. The first-order chi connectivity index (χ1) is 20.2. The zero-order chi connectivity index (χ0) is 29.4. The SMILES string of the molecule is CC(Nc1nc(N)ncc1-c1cccc(S(=O)(=O)N2CCCC2)c1)c1nc2cccc(Cl)c2c(=O)n1-c1ccccc1. The second kappa shape index (κ2) is 11.2. The van der Waals surface area contributed by atoms with E-state index in [0.29, 0.717) is 57.5 Å². The molecule has 2 aromatic heterocycles. The summed E-state index contributed by atoms with van der Waals surface area (Å²) in [6.45, 7) is 2.87. The van der Waals surface area contributed by atoms with Gasteiger partial charge in [-0.25, -0.2) is 18.4 Å². The van der Waals surface area contributed by atoms with Gasteiger partial charge in [-0.3, -0.25) is 9.36 Å². The van der Waals surface area contributed by atoms with E-state index in [-0.39, 0.29) is 16.4 Å². The number of halogens is 1. The van der Waals surface area contributed by atoms with E-state index in [0.717, 1.165) is 12.8 Å². The zero-order valence-corrected chi connectivity index (χ0v) is 24.3. The van der Waals surface area contributed by atoms with E-state index < -0.39 is 16.1 Å². The highest BCUT2D eigenvalue weighted by Crippen LogP contribution is 2.32. The standard InChI is InChI=1S/C30H28ClN7O3S/c1-19(28-35-25-14-8-13-24(31)26(25)29(39)38(28)21-10-3-2-4-11-21)34-27-23(18-33-30(32)36-27)20-9-7-12-22(17-20)42(40,41)37-15-5-6-16-37/h2-4,7-14,17-19H,5-6,15-16H2,1H3,(H3,32,33,34,36). The van der Waals surface area contributed by atoms with Crippen LogP contribution in [0.5, 0.6) is 0 Å². The van der Waals surface area contributed by atoms with Crippen LogP contribution in [-0.2, 0) is 10.0 Å². The summed E-state index contributed by atoms with van der Waals surface area (Å²) in [7, 11) is -3.63. The number of para-hydroxylation sites is 1. The van der Waals surface area contributed by atoms with E-state index in [9.17, 15) is 13.2 Å². The number of nitrogens with two attached hydrogens (primary N) is 1. The molecule has 1 aliphatic heterocycles. The number of rotatable bonds is 7. The van der Waals surface area contributed by atoms with Crippen molar-refractivity contribution in [2.24, 2.45) is 0 Å². The Labute approximate surface area is 247 Å². The maximum atomic E-state index is 13.8. The first-order valence-corrected chi connectivity index (χ1v) is 15.3. The summed E-state index contributed by atoms with van der Waals surface area (Å²) < 4.78 is 29.6. The summed E-state index contributed by atoms with van der Waals surface area (Å²) in [5, 5.41) is 3.99. The van der Waals surface area contributed by atoms with Gasteiger partial charge in [0.1, 0.15) is 11.6 Å². The van der Waals surface area contributed by atoms with Gasteiger partial charge in [0.2, 0.25) is 16.0 Å². The quantitative estimate of drug-likeness (QED) is 0.265. The average Bonchev–Trinajstić information content (AvgIpc) is 3.54. The van der Waals surface area contributed by atoms with Crippen LogP contribution < -0.4 is 16.6 Å². The smallest absolute Gasteiger partial charge is 0.267 e. The molecule has 3 aromatic carbocycles. The molecule has 0 amide bonds. The molecule has 0 aliphatic carbocycles. The molecule has 0 saturated carbocycles. The lowest BCUT2D eigenvalue weighted by atomic mass is 10.1. The Morgan fingerprint density at radius 3 is 2.48 bits per heavy atom. The molecule has 3 heterocycles. The van der Waals surface area contributed by atoms with Crippen molar-refractivity contribution in [2.75, 3.05) is 24.1 Å². The molecular formula is C30H28ClN7O3S. The molecule has 0 radical (unpaired) electrons. The number of fused-ring (bicyclic) bond motifs is 1. The molecule has 3 N–H and O–H groups in total. The van der Waals surface area contributed by atoms with Crippen molar-refractivity contribution in [2.45, 2.75) is 30.7 Å². The maximum absolute atomic E-state index is 13.8. The van der Waals surface area contributed by atoms with Crippen molar-refractivity contribution in [3.05, 3.63) is 100 Å². The van der Waals surface area contributed by atoms with E-state index in [1.165, 1.54) is 8.87 Å². The van der Waals surface area contributed by atoms with Gasteiger partial charge in [-0.1, -0.05) is 48.0 Å². The largest absolute Gasteiger partial charge is 0.368 e. The van der Waals surface area contributed by atoms with Gasteiger partial charge >= 0.3 is 0 Å². The van der Waals surface area contributed by atoms with Crippen LogP contribution in [0.2, 0.25) is 5.02 Å². The van der Waals surface area contributed by atoms with Crippen LogP contribution in [0.25, 0.3) is 27.7 Å². The van der Waals surface area contributed by atoms with Crippen LogP contribution in [-0.4, -0.2) is 45.3 Å². The summed E-state index contributed by atoms with van der Waals surface area (Å²) >= 11 is 6.43. The van der Waals surface area contributed by atoms with Crippen molar-refractivity contribution >= 4 is 44.3 Å². The molecule has 6 rings (SSSR count). The van der Waals surface area contributed by atoms with E-state index in [2.05, 4.69) is 15.3 Å². The predicted octanol–water partition coefficient (Wildman–Crippen LogP) is 5.04. The minimum atomic E-state index is -3.63. The van der Waals surface area contributed by atoms with Crippen LogP contribution in [0, 0.1) is 0 Å². The molecule has 1 unspecified atom stereocenters. The second-order valence-electron chi connectivity index (χ2n) is 10.1. The molecule has 1 saturated heterocycles. The molecule has 42 heavy (non-hydrogen) atoms. The number of nitrogens with one attached hydrogen (secondary N) is 1. The molecule has 0 spiro atoms. The first-order valence-electron chi connectivity index (χ1n) is 13.5. The Morgan fingerprint density at radius 1 is 0.976 bits per heavy atom. The van der Waals surface area contributed by atoms with Crippen LogP contribution in [0.1, 0.15) is 31.6 Å². The van der Waals surface area contributed by atoms with E-state index in [4.69, 9.17) is 22.3 Å². The van der Waals surface area contributed by atoms with Crippen LogP contribution >= 0.6 is 11.6 Å². The molecule has 5 aromatic rings. The Kier molecular flexibility index (Phi) is 7.40. The molecular weight excluding hydrogens is 574 g/mol. The normalized spacial score (nSPS) is 14.7. The lowest BCUT2D eigenvalue weighted by molar-refractivity contribution is 0.477.